The highest BCUT2D eigenvalue weighted by molar-refractivity contribution is 5.61. The molecule has 0 aliphatic heterocycles. The first-order valence-corrected chi connectivity index (χ1v) is 4.18. The van der Waals surface area contributed by atoms with E-state index in [0.29, 0.717) is 5.69 Å². The van der Waals surface area contributed by atoms with Gasteiger partial charge in [0.05, 0.1) is 4.92 Å². The van der Waals surface area contributed by atoms with Crippen LogP contribution in [0.4, 0.5) is 11.4 Å². The number of hydrogen-bond acceptors (Lipinski definition) is 4. The average molecular weight is 196 g/mol. The van der Waals surface area contributed by atoms with Crippen molar-refractivity contribution in [1.82, 2.24) is 0 Å². The zero-order valence-corrected chi connectivity index (χ0v) is 8.06. The van der Waals surface area contributed by atoms with Crippen LogP contribution in [-0.4, -0.2) is 18.3 Å². The molecule has 0 aromatic heterocycles. The van der Waals surface area contributed by atoms with Crippen LogP contribution in [0, 0.1) is 10.1 Å². The number of nitro benzene ring substituents is 1. The van der Waals surface area contributed by atoms with Crippen molar-refractivity contribution in [2.75, 3.05) is 12.4 Å². The van der Waals surface area contributed by atoms with Gasteiger partial charge in [-0.05, 0) is 13.0 Å². The van der Waals surface area contributed by atoms with Crippen molar-refractivity contribution in [3.8, 4) is 0 Å². The second kappa shape index (κ2) is 4.57. The molecule has 1 aromatic rings. The molecule has 1 rings (SSSR count). The standard InChI is InChI=1S/C9H12N2O3/c1-7(14-2)10-8-5-3-4-6-9(8)11(12)13/h3-7,10H,1-2H3. The highest BCUT2D eigenvalue weighted by Crippen LogP contribution is 2.23. The van der Waals surface area contributed by atoms with E-state index in [1.165, 1.54) is 13.2 Å². The van der Waals surface area contributed by atoms with Crippen LogP contribution in [0.2, 0.25) is 0 Å². The van der Waals surface area contributed by atoms with Crippen molar-refractivity contribution in [1.29, 1.82) is 0 Å². The maximum Gasteiger partial charge on any atom is 0.292 e. The monoisotopic (exact) mass is 196 g/mol. The number of anilines is 1. The Hall–Kier alpha value is -1.62. The molecule has 0 saturated heterocycles. The second-order valence-corrected chi connectivity index (χ2v) is 2.80. The van der Waals surface area contributed by atoms with Gasteiger partial charge in [0.1, 0.15) is 11.9 Å². The Morgan fingerprint density at radius 3 is 2.71 bits per heavy atom. The predicted octanol–water partition coefficient (Wildman–Crippen LogP) is 2.00. The molecule has 5 nitrogen and oxygen atoms in total. The minimum Gasteiger partial charge on any atom is -0.362 e. The lowest BCUT2D eigenvalue weighted by atomic mass is 10.2. The van der Waals surface area contributed by atoms with Crippen LogP contribution >= 0.6 is 0 Å². The summed E-state index contributed by atoms with van der Waals surface area (Å²) in [6, 6.07) is 6.46. The zero-order chi connectivity index (χ0) is 10.6. The zero-order valence-electron chi connectivity index (χ0n) is 8.06. The third-order valence-corrected chi connectivity index (χ3v) is 1.81. The fraction of sp³-hybridized carbons (Fsp3) is 0.333. The van der Waals surface area contributed by atoms with Gasteiger partial charge in [-0.2, -0.15) is 0 Å². The molecule has 0 fully saturated rings. The third-order valence-electron chi connectivity index (χ3n) is 1.81. The van der Waals surface area contributed by atoms with Crippen LogP contribution in [0.1, 0.15) is 6.92 Å². The SMILES string of the molecule is COC(C)Nc1ccccc1[N+](=O)[O-]. The molecule has 1 atom stereocenters. The van der Waals surface area contributed by atoms with E-state index in [1.54, 1.807) is 25.1 Å². The normalized spacial score (nSPS) is 12.1. The van der Waals surface area contributed by atoms with Crippen LogP contribution in [-0.2, 0) is 4.74 Å². The average Bonchev–Trinajstić information content (AvgIpc) is 2.18. The van der Waals surface area contributed by atoms with Gasteiger partial charge >= 0.3 is 0 Å². The summed E-state index contributed by atoms with van der Waals surface area (Å²) in [5.41, 5.74) is 0.517. The van der Waals surface area contributed by atoms with E-state index >= 15 is 0 Å². The quantitative estimate of drug-likeness (QED) is 0.454. The third kappa shape index (κ3) is 2.43. The van der Waals surface area contributed by atoms with Crippen molar-refractivity contribution >= 4 is 11.4 Å². The van der Waals surface area contributed by atoms with Crippen LogP contribution in [0.5, 0.6) is 0 Å². The molecule has 76 valence electrons. The minimum atomic E-state index is -0.426. The maximum atomic E-state index is 10.6. The fourth-order valence-corrected chi connectivity index (χ4v) is 1.03. The number of ether oxygens (including phenoxy) is 1. The van der Waals surface area contributed by atoms with Crippen molar-refractivity contribution < 1.29 is 9.66 Å². The van der Waals surface area contributed by atoms with Crippen molar-refractivity contribution in [3.63, 3.8) is 0 Å². The summed E-state index contributed by atoms with van der Waals surface area (Å²) < 4.78 is 4.96. The summed E-state index contributed by atoms with van der Waals surface area (Å²) in [5.74, 6) is 0. The van der Waals surface area contributed by atoms with Crippen LogP contribution in [0.3, 0.4) is 0 Å². The maximum absolute atomic E-state index is 10.6. The number of benzene rings is 1. The molecule has 0 aliphatic carbocycles. The molecule has 1 N–H and O–H groups in total. The molecule has 14 heavy (non-hydrogen) atoms. The van der Waals surface area contributed by atoms with Gasteiger partial charge in [-0.15, -0.1) is 0 Å². The molecule has 0 spiro atoms. The number of nitro groups is 1. The highest BCUT2D eigenvalue weighted by Gasteiger charge is 2.13. The van der Waals surface area contributed by atoms with E-state index < -0.39 is 4.92 Å². The smallest absolute Gasteiger partial charge is 0.292 e. The van der Waals surface area contributed by atoms with E-state index in [9.17, 15) is 10.1 Å². The summed E-state index contributed by atoms with van der Waals surface area (Å²) in [4.78, 5) is 10.2. The fourth-order valence-electron chi connectivity index (χ4n) is 1.03. The van der Waals surface area contributed by atoms with E-state index in [1.807, 2.05) is 0 Å². The molecule has 0 amide bonds. The number of rotatable bonds is 4. The van der Waals surface area contributed by atoms with Crippen LogP contribution in [0.15, 0.2) is 24.3 Å². The van der Waals surface area contributed by atoms with Crippen LogP contribution in [0.25, 0.3) is 0 Å². The van der Waals surface area contributed by atoms with Gasteiger partial charge in [0, 0.05) is 13.2 Å². The van der Waals surface area contributed by atoms with Gasteiger partial charge in [-0.3, -0.25) is 10.1 Å². The lowest BCUT2D eigenvalue weighted by Gasteiger charge is -2.12. The van der Waals surface area contributed by atoms with E-state index in [0.717, 1.165) is 0 Å². The van der Waals surface area contributed by atoms with Gasteiger partial charge < -0.3 is 10.1 Å². The van der Waals surface area contributed by atoms with Crippen LogP contribution < -0.4 is 5.32 Å². The van der Waals surface area contributed by atoms with E-state index in [4.69, 9.17) is 4.74 Å². The second-order valence-electron chi connectivity index (χ2n) is 2.80. The summed E-state index contributed by atoms with van der Waals surface area (Å²) in [7, 11) is 1.53. The first kappa shape index (κ1) is 10.5. The lowest BCUT2D eigenvalue weighted by Crippen LogP contribution is -2.17. The Kier molecular flexibility index (Phi) is 3.41. The van der Waals surface area contributed by atoms with Gasteiger partial charge in [-0.1, -0.05) is 12.1 Å². The largest absolute Gasteiger partial charge is 0.362 e. The Morgan fingerprint density at radius 1 is 1.50 bits per heavy atom. The molecule has 1 unspecified atom stereocenters. The van der Waals surface area contributed by atoms with Gasteiger partial charge in [-0.25, -0.2) is 0 Å². The Labute approximate surface area is 81.8 Å². The highest BCUT2D eigenvalue weighted by atomic mass is 16.6. The summed E-state index contributed by atoms with van der Waals surface area (Å²) in [5, 5.41) is 13.5. The molecule has 1 aromatic carbocycles. The first-order chi connectivity index (χ1) is 6.65. The van der Waals surface area contributed by atoms with Crippen molar-refractivity contribution in [2.24, 2.45) is 0 Å². The number of para-hydroxylation sites is 2. The number of nitrogens with zero attached hydrogens (tertiary/aromatic N) is 1. The number of methoxy groups -OCH3 is 1. The predicted molar refractivity (Wildman–Crippen MR) is 53.2 cm³/mol. The summed E-state index contributed by atoms with van der Waals surface area (Å²) in [6.07, 6.45) is -0.254. The van der Waals surface area contributed by atoms with Crippen molar-refractivity contribution in [2.45, 2.75) is 13.2 Å². The molecular weight excluding hydrogens is 184 g/mol. The Morgan fingerprint density at radius 2 is 2.14 bits per heavy atom. The molecule has 5 heteroatoms. The molecule has 0 radical (unpaired) electrons. The summed E-state index contributed by atoms with van der Waals surface area (Å²) in [6.45, 7) is 1.77. The molecule has 0 aliphatic rings. The van der Waals surface area contributed by atoms with E-state index in [-0.39, 0.29) is 11.9 Å². The molecule has 0 heterocycles. The van der Waals surface area contributed by atoms with Gasteiger partial charge in [0.15, 0.2) is 0 Å². The molecule has 0 saturated carbocycles. The number of hydrogen-bond donors (Lipinski definition) is 1. The van der Waals surface area contributed by atoms with E-state index in [2.05, 4.69) is 5.32 Å². The lowest BCUT2D eigenvalue weighted by molar-refractivity contribution is -0.384. The van der Waals surface area contributed by atoms with Crippen molar-refractivity contribution in [3.05, 3.63) is 34.4 Å². The van der Waals surface area contributed by atoms with Gasteiger partial charge in [0.25, 0.3) is 5.69 Å². The first-order valence-electron chi connectivity index (χ1n) is 4.18. The topological polar surface area (TPSA) is 64.4 Å². The number of nitrogens with one attached hydrogen (secondary N) is 1. The molecular formula is C9H12N2O3. The summed E-state index contributed by atoms with van der Waals surface area (Å²) >= 11 is 0. The Bertz CT molecular complexity index is 328. The Balaban J connectivity index is 2.90. The van der Waals surface area contributed by atoms with Gasteiger partial charge in [0.2, 0.25) is 0 Å². The minimum absolute atomic E-state index is 0.0522. The molecule has 0 bridgehead atoms.